The third kappa shape index (κ3) is 4.25. The lowest BCUT2D eigenvalue weighted by Crippen LogP contribution is -2.35. The van der Waals surface area contributed by atoms with Crippen LogP contribution in [0.15, 0.2) is 42.6 Å². The van der Waals surface area contributed by atoms with Crippen LogP contribution >= 0.6 is 0 Å². The largest absolute Gasteiger partial charge is 0.379 e. The summed E-state index contributed by atoms with van der Waals surface area (Å²) in [6.07, 6.45) is 1.82. The van der Waals surface area contributed by atoms with E-state index in [1.807, 2.05) is 30.5 Å². The summed E-state index contributed by atoms with van der Waals surface area (Å²) in [5, 5.41) is 13.6. The quantitative estimate of drug-likeness (QED) is 0.711. The molecule has 27 heavy (non-hydrogen) atoms. The minimum absolute atomic E-state index is 0.527. The fraction of sp³-hybridized carbons (Fsp3) is 0.250. The number of nitrogens with zero attached hydrogens (tertiary/aromatic N) is 4. The van der Waals surface area contributed by atoms with Gasteiger partial charge in [-0.3, -0.25) is 4.90 Å². The van der Waals surface area contributed by atoms with Crippen LogP contribution in [0.5, 0.6) is 0 Å². The molecule has 2 heterocycles. The minimum Gasteiger partial charge on any atom is -0.379 e. The van der Waals surface area contributed by atoms with Crippen LogP contribution in [-0.4, -0.2) is 49.0 Å². The number of ether oxygens (including phenoxy) is 1. The normalized spacial score (nSPS) is 14.8. The van der Waals surface area contributed by atoms with Crippen molar-refractivity contribution >= 4 is 35.8 Å². The molecule has 0 amide bonds. The Morgan fingerprint density at radius 3 is 2.85 bits per heavy atom. The SMILES string of the molecule is Bc1ccc2nc(Nc3cc(C#N)cc(CN4CCOCC4)c3)ncc2c1. The molecule has 1 aromatic heterocycles. The molecule has 7 heteroatoms. The lowest BCUT2D eigenvalue weighted by atomic mass is 9.95. The van der Waals surface area contributed by atoms with Crippen LogP contribution in [0.4, 0.5) is 11.6 Å². The maximum absolute atomic E-state index is 9.38. The Balaban J connectivity index is 1.58. The van der Waals surface area contributed by atoms with E-state index in [1.54, 1.807) is 0 Å². The highest BCUT2D eigenvalue weighted by Crippen LogP contribution is 2.20. The van der Waals surface area contributed by atoms with Crippen molar-refractivity contribution < 1.29 is 4.74 Å². The lowest BCUT2D eigenvalue weighted by Gasteiger charge is -2.26. The smallest absolute Gasteiger partial charge is 0.227 e. The summed E-state index contributed by atoms with van der Waals surface area (Å²) in [5.74, 6) is 0.527. The molecule has 1 aliphatic heterocycles. The van der Waals surface area contributed by atoms with Crippen molar-refractivity contribution in [1.82, 2.24) is 14.9 Å². The van der Waals surface area contributed by atoms with E-state index in [1.165, 1.54) is 5.46 Å². The first-order valence-electron chi connectivity index (χ1n) is 9.04. The molecule has 1 N–H and O–H groups in total. The first kappa shape index (κ1) is 17.5. The molecule has 0 radical (unpaired) electrons. The molecule has 0 unspecified atom stereocenters. The van der Waals surface area contributed by atoms with Crippen LogP contribution in [-0.2, 0) is 11.3 Å². The van der Waals surface area contributed by atoms with E-state index < -0.39 is 0 Å². The summed E-state index contributed by atoms with van der Waals surface area (Å²) < 4.78 is 5.40. The second-order valence-electron chi connectivity index (χ2n) is 6.80. The Hall–Kier alpha value is -2.95. The third-order valence-electron chi connectivity index (χ3n) is 4.62. The van der Waals surface area contributed by atoms with Crippen LogP contribution in [0, 0.1) is 11.3 Å². The number of aromatic nitrogens is 2. The summed E-state index contributed by atoms with van der Waals surface area (Å²) in [5.41, 5.74) is 4.61. The van der Waals surface area contributed by atoms with Crippen LogP contribution in [0.1, 0.15) is 11.1 Å². The third-order valence-corrected chi connectivity index (χ3v) is 4.62. The van der Waals surface area contributed by atoms with Gasteiger partial charge < -0.3 is 10.1 Å². The average molecular weight is 357 g/mol. The highest BCUT2D eigenvalue weighted by Gasteiger charge is 2.12. The van der Waals surface area contributed by atoms with Gasteiger partial charge in [0.1, 0.15) is 7.85 Å². The number of hydrogen-bond acceptors (Lipinski definition) is 6. The van der Waals surface area contributed by atoms with Crippen LogP contribution in [0.3, 0.4) is 0 Å². The highest BCUT2D eigenvalue weighted by atomic mass is 16.5. The molecular weight excluding hydrogens is 337 g/mol. The van der Waals surface area contributed by atoms with Crippen molar-refractivity contribution in [3.63, 3.8) is 0 Å². The summed E-state index contributed by atoms with van der Waals surface area (Å²) in [6.45, 7) is 4.13. The van der Waals surface area contributed by atoms with Crippen molar-refractivity contribution in [2.24, 2.45) is 0 Å². The van der Waals surface area contributed by atoms with Gasteiger partial charge in [-0.2, -0.15) is 5.26 Å². The van der Waals surface area contributed by atoms with Crippen molar-refractivity contribution in [1.29, 1.82) is 5.26 Å². The van der Waals surface area contributed by atoms with Gasteiger partial charge in [0.05, 0.1) is 30.4 Å². The Labute approximate surface area is 159 Å². The first-order valence-corrected chi connectivity index (χ1v) is 9.04. The zero-order valence-electron chi connectivity index (χ0n) is 15.3. The van der Waals surface area contributed by atoms with E-state index in [0.29, 0.717) is 11.5 Å². The molecular formula is C20H20BN5O. The summed E-state index contributed by atoms with van der Waals surface area (Å²) in [6, 6.07) is 14.2. The zero-order valence-corrected chi connectivity index (χ0v) is 15.3. The zero-order chi connectivity index (χ0) is 18.6. The second-order valence-corrected chi connectivity index (χ2v) is 6.80. The summed E-state index contributed by atoms with van der Waals surface area (Å²) in [4.78, 5) is 11.3. The number of morpholine rings is 1. The first-order chi connectivity index (χ1) is 13.2. The number of nitrogens with one attached hydrogen (secondary N) is 1. The fourth-order valence-corrected chi connectivity index (χ4v) is 3.28. The predicted molar refractivity (Wildman–Crippen MR) is 108 cm³/mol. The van der Waals surface area contributed by atoms with E-state index in [9.17, 15) is 5.26 Å². The Morgan fingerprint density at radius 1 is 1.19 bits per heavy atom. The maximum atomic E-state index is 9.38. The van der Waals surface area contributed by atoms with Gasteiger partial charge >= 0.3 is 0 Å². The Kier molecular flexibility index (Phi) is 5.01. The van der Waals surface area contributed by atoms with Gasteiger partial charge in [0.25, 0.3) is 0 Å². The van der Waals surface area contributed by atoms with E-state index in [0.717, 1.165) is 55.0 Å². The second kappa shape index (κ2) is 7.74. The molecule has 0 spiro atoms. The topological polar surface area (TPSA) is 74.1 Å². The molecule has 3 aromatic rings. The lowest BCUT2D eigenvalue weighted by molar-refractivity contribution is 0.0342. The number of nitriles is 1. The summed E-state index contributed by atoms with van der Waals surface area (Å²) >= 11 is 0. The van der Waals surface area contributed by atoms with E-state index in [-0.39, 0.29) is 0 Å². The van der Waals surface area contributed by atoms with Crippen molar-refractivity contribution in [3.8, 4) is 6.07 Å². The van der Waals surface area contributed by atoms with Gasteiger partial charge in [0, 0.05) is 36.9 Å². The van der Waals surface area contributed by atoms with Gasteiger partial charge in [0.2, 0.25) is 5.95 Å². The molecule has 0 atom stereocenters. The molecule has 0 saturated carbocycles. The number of fused-ring (bicyclic) bond motifs is 1. The van der Waals surface area contributed by atoms with Gasteiger partial charge in [-0.15, -0.1) is 0 Å². The molecule has 1 saturated heterocycles. The number of anilines is 2. The van der Waals surface area contributed by atoms with E-state index in [4.69, 9.17) is 4.74 Å². The molecule has 0 aliphatic carbocycles. The standard InChI is InChI=1S/C20H20BN5O/c21-17-1-2-19-16(10-17)12-23-20(25-19)24-18-8-14(11-22)7-15(9-18)13-26-3-5-27-6-4-26/h1-2,7-10,12H,3-6,13,21H2,(H,23,24,25). The number of hydrogen-bond donors (Lipinski definition) is 1. The average Bonchev–Trinajstić information content (AvgIpc) is 2.68. The molecule has 4 rings (SSSR count). The number of rotatable bonds is 4. The monoisotopic (exact) mass is 357 g/mol. The minimum atomic E-state index is 0.527. The van der Waals surface area contributed by atoms with Crippen molar-refractivity contribution in [2.45, 2.75) is 6.54 Å². The molecule has 1 fully saturated rings. The van der Waals surface area contributed by atoms with Gasteiger partial charge in [-0.05, 0) is 29.8 Å². The maximum Gasteiger partial charge on any atom is 0.227 e. The molecule has 1 aliphatic rings. The summed E-state index contributed by atoms with van der Waals surface area (Å²) in [7, 11) is 2.05. The molecule has 134 valence electrons. The van der Waals surface area contributed by atoms with Crippen LogP contribution < -0.4 is 10.8 Å². The van der Waals surface area contributed by atoms with E-state index in [2.05, 4.69) is 46.2 Å². The fourth-order valence-electron chi connectivity index (χ4n) is 3.28. The highest BCUT2D eigenvalue weighted by molar-refractivity contribution is 6.33. The van der Waals surface area contributed by atoms with Crippen molar-refractivity contribution in [2.75, 3.05) is 31.6 Å². The van der Waals surface area contributed by atoms with Crippen molar-refractivity contribution in [3.05, 3.63) is 53.7 Å². The number of benzene rings is 2. The Morgan fingerprint density at radius 2 is 2.04 bits per heavy atom. The van der Waals surface area contributed by atoms with Gasteiger partial charge in [0.15, 0.2) is 0 Å². The molecule has 6 nitrogen and oxygen atoms in total. The Bertz CT molecular complexity index is 1010. The molecule has 0 bridgehead atoms. The van der Waals surface area contributed by atoms with Crippen LogP contribution in [0.2, 0.25) is 0 Å². The predicted octanol–water partition coefficient (Wildman–Crippen LogP) is 1.34. The van der Waals surface area contributed by atoms with E-state index >= 15 is 0 Å². The van der Waals surface area contributed by atoms with Crippen LogP contribution in [0.25, 0.3) is 10.9 Å². The molecule has 2 aromatic carbocycles. The van der Waals surface area contributed by atoms with Gasteiger partial charge in [-0.25, -0.2) is 9.97 Å². The van der Waals surface area contributed by atoms with Gasteiger partial charge in [-0.1, -0.05) is 17.6 Å².